The van der Waals surface area contributed by atoms with E-state index in [1.165, 1.54) is 9.13 Å². The van der Waals surface area contributed by atoms with E-state index in [4.69, 9.17) is 4.74 Å². The Morgan fingerprint density at radius 3 is 2.67 bits per heavy atom. The monoisotopic (exact) mass is 255 g/mol. The molecule has 0 fully saturated rings. The SMILES string of the molecule is CCCNC(COC)Cn1ccn(C)c(=O)c1=O. The number of rotatable bonds is 7. The minimum Gasteiger partial charge on any atom is -0.383 e. The maximum Gasteiger partial charge on any atom is 0.316 e. The van der Waals surface area contributed by atoms with Crippen LogP contribution in [0.1, 0.15) is 13.3 Å². The maximum atomic E-state index is 11.8. The van der Waals surface area contributed by atoms with Crippen LogP contribution in [0.5, 0.6) is 0 Å². The van der Waals surface area contributed by atoms with E-state index in [-0.39, 0.29) is 6.04 Å². The summed E-state index contributed by atoms with van der Waals surface area (Å²) in [5.41, 5.74) is -1.01. The van der Waals surface area contributed by atoms with E-state index in [0.717, 1.165) is 13.0 Å². The van der Waals surface area contributed by atoms with E-state index in [1.807, 2.05) is 0 Å². The number of aromatic nitrogens is 2. The predicted molar refractivity (Wildman–Crippen MR) is 69.9 cm³/mol. The molecule has 0 spiro atoms. The van der Waals surface area contributed by atoms with Crippen LogP contribution in [-0.2, 0) is 18.3 Å². The Bertz CT molecular complexity index is 478. The van der Waals surface area contributed by atoms with Crippen molar-refractivity contribution in [2.45, 2.75) is 25.9 Å². The highest BCUT2D eigenvalue weighted by Gasteiger charge is 2.10. The Morgan fingerprint density at radius 2 is 2.06 bits per heavy atom. The van der Waals surface area contributed by atoms with Gasteiger partial charge >= 0.3 is 11.1 Å². The van der Waals surface area contributed by atoms with Gasteiger partial charge < -0.3 is 19.2 Å². The average Bonchev–Trinajstić information content (AvgIpc) is 2.36. The zero-order valence-corrected chi connectivity index (χ0v) is 11.2. The van der Waals surface area contributed by atoms with Crippen molar-refractivity contribution in [1.82, 2.24) is 14.5 Å². The third kappa shape index (κ3) is 3.82. The molecular formula is C12H21N3O3. The molecule has 1 atom stereocenters. The largest absolute Gasteiger partial charge is 0.383 e. The zero-order chi connectivity index (χ0) is 13.5. The molecule has 0 aromatic carbocycles. The summed E-state index contributed by atoms with van der Waals surface area (Å²) in [4.78, 5) is 23.3. The van der Waals surface area contributed by atoms with Gasteiger partial charge in [0.1, 0.15) is 0 Å². The Hall–Kier alpha value is -1.40. The van der Waals surface area contributed by atoms with Gasteiger partial charge in [0, 0.05) is 39.1 Å². The topological polar surface area (TPSA) is 65.3 Å². The molecule has 0 amide bonds. The number of hydrogen-bond acceptors (Lipinski definition) is 4. The minimum atomic E-state index is -0.510. The van der Waals surface area contributed by atoms with Crippen LogP contribution in [0, 0.1) is 0 Å². The van der Waals surface area contributed by atoms with Gasteiger partial charge in [-0.05, 0) is 13.0 Å². The van der Waals surface area contributed by atoms with Crippen LogP contribution in [0.2, 0.25) is 0 Å². The van der Waals surface area contributed by atoms with Crippen LogP contribution in [-0.4, -0.2) is 35.4 Å². The summed E-state index contributed by atoms with van der Waals surface area (Å²) in [6.07, 6.45) is 4.22. The fourth-order valence-corrected chi connectivity index (χ4v) is 1.70. The van der Waals surface area contributed by atoms with Gasteiger partial charge in [-0.2, -0.15) is 0 Å². The second-order valence-electron chi connectivity index (χ2n) is 4.28. The van der Waals surface area contributed by atoms with Crippen LogP contribution < -0.4 is 16.4 Å². The number of nitrogens with zero attached hydrogens (tertiary/aromatic N) is 2. The van der Waals surface area contributed by atoms with Crippen molar-refractivity contribution in [2.75, 3.05) is 20.3 Å². The highest BCUT2D eigenvalue weighted by molar-refractivity contribution is 4.86. The lowest BCUT2D eigenvalue weighted by Gasteiger charge is -2.18. The minimum absolute atomic E-state index is 0.0276. The molecule has 6 nitrogen and oxygen atoms in total. The summed E-state index contributed by atoms with van der Waals surface area (Å²) in [5.74, 6) is 0. The Morgan fingerprint density at radius 1 is 1.33 bits per heavy atom. The highest BCUT2D eigenvalue weighted by atomic mass is 16.5. The van der Waals surface area contributed by atoms with Crippen molar-refractivity contribution < 1.29 is 4.74 Å². The molecule has 0 saturated carbocycles. The number of nitrogens with one attached hydrogen (secondary N) is 1. The van der Waals surface area contributed by atoms with Gasteiger partial charge in [-0.15, -0.1) is 0 Å². The molecule has 1 N–H and O–H groups in total. The molecule has 6 heteroatoms. The lowest BCUT2D eigenvalue weighted by molar-refractivity contribution is 0.158. The summed E-state index contributed by atoms with van der Waals surface area (Å²) in [5, 5.41) is 3.29. The van der Waals surface area contributed by atoms with Gasteiger partial charge in [0.2, 0.25) is 0 Å². The molecule has 0 aliphatic heterocycles. The Labute approximate surface area is 106 Å². The Kier molecular flexibility index (Phi) is 5.80. The van der Waals surface area contributed by atoms with E-state index >= 15 is 0 Å². The molecule has 0 aliphatic carbocycles. The first-order valence-electron chi connectivity index (χ1n) is 6.08. The molecule has 102 valence electrons. The quantitative estimate of drug-likeness (QED) is 0.671. The van der Waals surface area contributed by atoms with Gasteiger partial charge in [0.25, 0.3) is 0 Å². The normalized spacial score (nSPS) is 12.6. The van der Waals surface area contributed by atoms with E-state index in [9.17, 15) is 9.59 Å². The van der Waals surface area contributed by atoms with E-state index in [1.54, 1.807) is 26.6 Å². The first-order valence-corrected chi connectivity index (χ1v) is 6.08. The maximum absolute atomic E-state index is 11.8. The van der Waals surface area contributed by atoms with Crippen LogP contribution in [0.4, 0.5) is 0 Å². The second-order valence-corrected chi connectivity index (χ2v) is 4.28. The molecular weight excluding hydrogens is 234 g/mol. The van der Waals surface area contributed by atoms with Crippen molar-refractivity contribution in [3.05, 3.63) is 33.1 Å². The smallest absolute Gasteiger partial charge is 0.316 e. The number of aryl methyl sites for hydroxylation is 1. The summed E-state index contributed by atoms with van der Waals surface area (Å²) in [6.45, 7) is 3.86. The fraction of sp³-hybridized carbons (Fsp3) is 0.667. The molecule has 0 radical (unpaired) electrons. The average molecular weight is 255 g/mol. The lowest BCUT2D eigenvalue weighted by atomic mass is 10.3. The molecule has 0 bridgehead atoms. The molecule has 0 saturated heterocycles. The molecule has 1 heterocycles. The van der Waals surface area contributed by atoms with Gasteiger partial charge in [0.05, 0.1) is 6.61 Å². The van der Waals surface area contributed by atoms with Gasteiger partial charge in [-0.25, -0.2) is 0 Å². The third-order valence-corrected chi connectivity index (χ3v) is 2.70. The lowest BCUT2D eigenvalue weighted by Crippen LogP contribution is -2.45. The van der Waals surface area contributed by atoms with Crippen molar-refractivity contribution in [2.24, 2.45) is 7.05 Å². The van der Waals surface area contributed by atoms with Crippen molar-refractivity contribution in [1.29, 1.82) is 0 Å². The van der Waals surface area contributed by atoms with Crippen LogP contribution >= 0.6 is 0 Å². The van der Waals surface area contributed by atoms with Crippen LogP contribution in [0.25, 0.3) is 0 Å². The molecule has 1 aromatic rings. The van der Waals surface area contributed by atoms with E-state index in [0.29, 0.717) is 13.2 Å². The summed E-state index contributed by atoms with van der Waals surface area (Å²) in [6, 6.07) is 0.0276. The highest BCUT2D eigenvalue weighted by Crippen LogP contribution is 1.91. The van der Waals surface area contributed by atoms with Crippen molar-refractivity contribution in [3.63, 3.8) is 0 Å². The van der Waals surface area contributed by atoms with E-state index in [2.05, 4.69) is 12.2 Å². The number of methoxy groups -OCH3 is 1. The number of hydrogen-bond donors (Lipinski definition) is 1. The molecule has 1 rings (SSSR count). The van der Waals surface area contributed by atoms with Gasteiger partial charge in [0.15, 0.2) is 0 Å². The molecule has 1 aromatic heterocycles. The predicted octanol–water partition coefficient (Wildman–Crippen LogP) is -0.438. The third-order valence-electron chi connectivity index (χ3n) is 2.70. The summed E-state index contributed by atoms with van der Waals surface area (Å²) < 4.78 is 7.81. The van der Waals surface area contributed by atoms with Crippen LogP contribution in [0.15, 0.2) is 22.0 Å². The first kappa shape index (κ1) is 14.7. The van der Waals surface area contributed by atoms with E-state index < -0.39 is 11.1 Å². The zero-order valence-electron chi connectivity index (χ0n) is 11.2. The Balaban J connectivity index is 2.83. The summed E-state index contributed by atoms with van der Waals surface area (Å²) >= 11 is 0. The standard InChI is InChI=1S/C12H21N3O3/c1-4-5-13-10(9-18-3)8-15-7-6-14(2)11(16)12(15)17/h6-7,10,13H,4-5,8-9H2,1-3H3. The molecule has 1 unspecified atom stereocenters. The van der Waals surface area contributed by atoms with Crippen LogP contribution in [0.3, 0.4) is 0 Å². The van der Waals surface area contributed by atoms with Crippen molar-refractivity contribution >= 4 is 0 Å². The first-order chi connectivity index (χ1) is 8.60. The fourth-order valence-electron chi connectivity index (χ4n) is 1.70. The number of ether oxygens (including phenoxy) is 1. The molecule has 0 aliphatic rings. The summed E-state index contributed by atoms with van der Waals surface area (Å²) in [7, 11) is 3.18. The molecule has 18 heavy (non-hydrogen) atoms. The van der Waals surface area contributed by atoms with Crippen molar-refractivity contribution in [3.8, 4) is 0 Å². The van der Waals surface area contributed by atoms with Gasteiger partial charge in [-0.1, -0.05) is 6.92 Å². The second kappa shape index (κ2) is 7.13. The van der Waals surface area contributed by atoms with Gasteiger partial charge in [-0.3, -0.25) is 9.59 Å².